The Bertz CT molecular complexity index is 542. The molecule has 0 fully saturated rings. The van der Waals surface area contributed by atoms with Crippen LogP contribution in [0.5, 0.6) is 0 Å². The zero-order valence-electron chi connectivity index (χ0n) is 11.4. The van der Waals surface area contributed by atoms with Crippen molar-refractivity contribution in [1.82, 2.24) is 20.5 Å². The molecule has 2 N–H and O–H groups in total. The van der Waals surface area contributed by atoms with Crippen molar-refractivity contribution in [3.8, 4) is 0 Å². The minimum Gasteiger partial charge on any atom is -0.352 e. The molecule has 0 bridgehead atoms. The van der Waals surface area contributed by atoms with E-state index in [1.54, 1.807) is 11.8 Å². The van der Waals surface area contributed by atoms with E-state index < -0.39 is 0 Å². The molecule has 1 aromatic carbocycles. The van der Waals surface area contributed by atoms with Crippen molar-refractivity contribution in [3.05, 3.63) is 47.5 Å². The van der Waals surface area contributed by atoms with E-state index in [0.29, 0.717) is 6.54 Å². The maximum absolute atomic E-state index is 12.0. The first-order valence-electron chi connectivity index (χ1n) is 6.50. The third-order valence-corrected chi connectivity index (χ3v) is 3.46. The van der Waals surface area contributed by atoms with Gasteiger partial charge in [-0.1, -0.05) is 12.1 Å². The summed E-state index contributed by atoms with van der Waals surface area (Å²) in [5, 5.41) is 9.51. The molecule has 1 aromatic heterocycles. The summed E-state index contributed by atoms with van der Waals surface area (Å²) in [6.07, 6.45) is 5.17. The molecule has 5 nitrogen and oxygen atoms in total. The number of hydrogen-bond donors (Lipinski definition) is 2. The fourth-order valence-electron chi connectivity index (χ4n) is 1.88. The number of H-pyrrole nitrogens is 1. The molecule has 6 heteroatoms. The monoisotopic (exact) mass is 290 g/mol. The topological polar surface area (TPSA) is 70.7 Å². The van der Waals surface area contributed by atoms with Crippen molar-refractivity contribution in [2.24, 2.45) is 0 Å². The Kier molecular flexibility index (Phi) is 5.61. The van der Waals surface area contributed by atoms with Crippen molar-refractivity contribution >= 4 is 17.7 Å². The molecule has 2 rings (SSSR count). The first-order valence-corrected chi connectivity index (χ1v) is 7.89. The van der Waals surface area contributed by atoms with Crippen molar-refractivity contribution in [2.75, 3.05) is 12.8 Å². The Morgan fingerprint density at radius 1 is 1.45 bits per heavy atom. The molecule has 1 amide bonds. The van der Waals surface area contributed by atoms with Crippen LogP contribution < -0.4 is 5.32 Å². The summed E-state index contributed by atoms with van der Waals surface area (Å²) >= 11 is 1.75. The van der Waals surface area contributed by atoms with Gasteiger partial charge in [0.2, 0.25) is 0 Å². The SMILES string of the molecule is CSCc1cccc(C(=O)NCCCc2ncn[nH]2)c1. The van der Waals surface area contributed by atoms with Gasteiger partial charge in [0.15, 0.2) is 0 Å². The Morgan fingerprint density at radius 3 is 3.10 bits per heavy atom. The zero-order chi connectivity index (χ0) is 14.2. The summed E-state index contributed by atoms with van der Waals surface area (Å²) in [4.78, 5) is 16.1. The molecular formula is C14H18N4OS. The highest BCUT2D eigenvalue weighted by Crippen LogP contribution is 2.11. The van der Waals surface area contributed by atoms with E-state index in [0.717, 1.165) is 30.0 Å². The van der Waals surface area contributed by atoms with E-state index in [-0.39, 0.29) is 5.91 Å². The Hall–Kier alpha value is -1.82. The van der Waals surface area contributed by atoms with Gasteiger partial charge in [-0.15, -0.1) is 0 Å². The van der Waals surface area contributed by atoms with E-state index in [4.69, 9.17) is 0 Å². The molecule has 0 aliphatic carbocycles. The van der Waals surface area contributed by atoms with Gasteiger partial charge in [0.05, 0.1) is 0 Å². The van der Waals surface area contributed by atoms with Gasteiger partial charge in [-0.3, -0.25) is 9.89 Å². The van der Waals surface area contributed by atoms with E-state index in [2.05, 4.69) is 26.8 Å². The molecule has 0 aliphatic rings. The lowest BCUT2D eigenvalue weighted by Gasteiger charge is -2.06. The second-order valence-electron chi connectivity index (χ2n) is 4.43. The number of nitrogens with zero attached hydrogens (tertiary/aromatic N) is 2. The smallest absolute Gasteiger partial charge is 0.251 e. The summed E-state index contributed by atoms with van der Waals surface area (Å²) in [7, 11) is 0. The third-order valence-electron chi connectivity index (χ3n) is 2.84. The van der Waals surface area contributed by atoms with Crippen molar-refractivity contribution in [1.29, 1.82) is 0 Å². The van der Waals surface area contributed by atoms with Gasteiger partial charge in [-0.25, -0.2) is 4.98 Å². The van der Waals surface area contributed by atoms with Crippen LogP contribution in [0.15, 0.2) is 30.6 Å². The van der Waals surface area contributed by atoms with Crippen LogP contribution in [0.3, 0.4) is 0 Å². The van der Waals surface area contributed by atoms with Crippen molar-refractivity contribution in [2.45, 2.75) is 18.6 Å². The number of thioether (sulfide) groups is 1. The number of benzene rings is 1. The second kappa shape index (κ2) is 7.69. The predicted octanol–water partition coefficient (Wildman–Crippen LogP) is 2.03. The van der Waals surface area contributed by atoms with Gasteiger partial charge in [0.1, 0.15) is 12.2 Å². The third kappa shape index (κ3) is 4.38. The predicted molar refractivity (Wildman–Crippen MR) is 80.7 cm³/mol. The Morgan fingerprint density at radius 2 is 2.35 bits per heavy atom. The van der Waals surface area contributed by atoms with Gasteiger partial charge in [0.25, 0.3) is 5.91 Å². The van der Waals surface area contributed by atoms with E-state index >= 15 is 0 Å². The van der Waals surface area contributed by atoms with Crippen LogP contribution in [0.25, 0.3) is 0 Å². The number of aromatic nitrogens is 3. The highest BCUT2D eigenvalue weighted by molar-refractivity contribution is 7.97. The van der Waals surface area contributed by atoms with E-state index in [1.165, 1.54) is 11.9 Å². The minimum atomic E-state index is -0.0227. The highest BCUT2D eigenvalue weighted by atomic mass is 32.2. The lowest BCUT2D eigenvalue weighted by atomic mass is 10.1. The van der Waals surface area contributed by atoms with Crippen LogP contribution >= 0.6 is 11.8 Å². The van der Waals surface area contributed by atoms with Gasteiger partial charge in [-0.05, 0) is 30.4 Å². The molecule has 0 saturated heterocycles. The molecule has 0 spiro atoms. The Balaban J connectivity index is 1.78. The molecule has 2 aromatic rings. The maximum atomic E-state index is 12.0. The van der Waals surface area contributed by atoms with Crippen LogP contribution in [0.4, 0.5) is 0 Å². The zero-order valence-corrected chi connectivity index (χ0v) is 12.2. The molecule has 0 atom stereocenters. The molecule has 20 heavy (non-hydrogen) atoms. The summed E-state index contributed by atoms with van der Waals surface area (Å²) in [6, 6.07) is 7.75. The second-order valence-corrected chi connectivity index (χ2v) is 5.29. The molecule has 0 saturated carbocycles. The Labute approximate surface area is 122 Å². The lowest BCUT2D eigenvalue weighted by Crippen LogP contribution is -2.24. The molecule has 0 aliphatic heterocycles. The number of aromatic amines is 1. The number of carbonyl (C=O) groups is 1. The minimum absolute atomic E-state index is 0.0227. The van der Waals surface area contributed by atoms with Crippen molar-refractivity contribution in [3.63, 3.8) is 0 Å². The largest absolute Gasteiger partial charge is 0.352 e. The van der Waals surface area contributed by atoms with Gasteiger partial charge >= 0.3 is 0 Å². The number of amides is 1. The van der Waals surface area contributed by atoms with Crippen LogP contribution in [0.2, 0.25) is 0 Å². The van der Waals surface area contributed by atoms with Gasteiger partial charge in [0, 0.05) is 24.3 Å². The fraction of sp³-hybridized carbons (Fsp3) is 0.357. The van der Waals surface area contributed by atoms with Crippen LogP contribution in [0, 0.1) is 0 Å². The average Bonchev–Trinajstić information content (AvgIpc) is 2.97. The highest BCUT2D eigenvalue weighted by Gasteiger charge is 2.05. The standard InChI is InChI=1S/C14H18N4OS/c1-20-9-11-4-2-5-12(8-11)14(19)15-7-3-6-13-16-10-17-18-13/h2,4-5,8,10H,3,6-7,9H2,1H3,(H,15,19)(H,16,17,18). The maximum Gasteiger partial charge on any atom is 0.251 e. The van der Waals surface area contributed by atoms with E-state index in [1.807, 2.05) is 24.3 Å². The number of carbonyl (C=O) groups excluding carboxylic acids is 1. The van der Waals surface area contributed by atoms with Crippen molar-refractivity contribution < 1.29 is 4.79 Å². The molecule has 0 radical (unpaired) electrons. The van der Waals surface area contributed by atoms with Gasteiger partial charge < -0.3 is 5.32 Å². The summed E-state index contributed by atoms with van der Waals surface area (Å²) in [5.41, 5.74) is 1.89. The quantitative estimate of drug-likeness (QED) is 0.765. The number of hydrogen-bond acceptors (Lipinski definition) is 4. The first kappa shape index (κ1) is 14.6. The molecule has 106 valence electrons. The number of rotatable bonds is 7. The van der Waals surface area contributed by atoms with E-state index in [9.17, 15) is 4.79 Å². The van der Waals surface area contributed by atoms with Crippen LogP contribution in [-0.2, 0) is 12.2 Å². The average molecular weight is 290 g/mol. The fourth-order valence-corrected chi connectivity index (χ4v) is 2.39. The summed E-state index contributed by atoms with van der Waals surface area (Å²) in [6.45, 7) is 0.631. The summed E-state index contributed by atoms with van der Waals surface area (Å²) in [5.74, 6) is 1.75. The van der Waals surface area contributed by atoms with Gasteiger partial charge in [-0.2, -0.15) is 16.9 Å². The molecule has 0 unspecified atom stereocenters. The molecule has 1 heterocycles. The number of aryl methyl sites for hydroxylation is 1. The normalized spacial score (nSPS) is 10.4. The molecular weight excluding hydrogens is 272 g/mol. The summed E-state index contributed by atoms with van der Waals surface area (Å²) < 4.78 is 0. The lowest BCUT2D eigenvalue weighted by molar-refractivity contribution is 0.0953. The number of nitrogens with one attached hydrogen (secondary N) is 2. The van der Waals surface area contributed by atoms with Crippen LogP contribution in [-0.4, -0.2) is 33.9 Å². The first-order chi connectivity index (χ1) is 9.79. The van der Waals surface area contributed by atoms with Crippen LogP contribution in [0.1, 0.15) is 28.2 Å².